The molecule has 0 spiro atoms. The second-order valence-corrected chi connectivity index (χ2v) is 7.49. The van der Waals surface area contributed by atoms with Crippen LogP contribution in [0.5, 0.6) is 11.5 Å². The molecule has 0 aliphatic carbocycles. The molecule has 0 atom stereocenters. The van der Waals surface area contributed by atoms with Crippen molar-refractivity contribution in [3.63, 3.8) is 0 Å². The van der Waals surface area contributed by atoms with E-state index in [1.54, 1.807) is 6.07 Å². The summed E-state index contributed by atoms with van der Waals surface area (Å²) in [5, 5.41) is 3.02. The molecule has 5 nitrogen and oxygen atoms in total. The molecule has 0 aliphatic rings. The molecule has 0 bridgehead atoms. The van der Waals surface area contributed by atoms with Crippen molar-refractivity contribution in [3.05, 3.63) is 95.6 Å². The van der Waals surface area contributed by atoms with Crippen molar-refractivity contribution in [1.29, 1.82) is 0 Å². The zero-order valence-corrected chi connectivity index (χ0v) is 18.9. The van der Waals surface area contributed by atoms with E-state index in [1.807, 2.05) is 72.8 Å². The van der Waals surface area contributed by atoms with Gasteiger partial charge in [-0.2, -0.15) is 0 Å². The SMILES string of the molecule is CCN(CC)CCNC(=O)c1cc(OCc2ccccc2)ccc1OCc1ccccc1. The van der Waals surface area contributed by atoms with Crippen molar-refractivity contribution in [1.82, 2.24) is 10.2 Å². The minimum absolute atomic E-state index is 0.162. The summed E-state index contributed by atoms with van der Waals surface area (Å²) in [6.07, 6.45) is 0. The molecule has 0 aliphatic heterocycles. The quantitative estimate of drug-likeness (QED) is 0.442. The summed E-state index contributed by atoms with van der Waals surface area (Å²) in [5.74, 6) is 1.02. The van der Waals surface area contributed by atoms with Gasteiger partial charge in [-0.3, -0.25) is 4.79 Å². The average Bonchev–Trinajstić information content (AvgIpc) is 2.85. The molecule has 32 heavy (non-hydrogen) atoms. The third kappa shape index (κ3) is 7.13. The molecule has 168 valence electrons. The normalized spacial score (nSPS) is 10.7. The van der Waals surface area contributed by atoms with E-state index < -0.39 is 0 Å². The fourth-order valence-corrected chi connectivity index (χ4v) is 3.34. The van der Waals surface area contributed by atoms with Crippen LogP contribution in [-0.2, 0) is 13.2 Å². The molecule has 0 radical (unpaired) electrons. The third-order valence-electron chi connectivity index (χ3n) is 5.29. The van der Waals surface area contributed by atoms with Gasteiger partial charge in [0.05, 0.1) is 5.56 Å². The Hall–Kier alpha value is -3.31. The predicted molar refractivity (Wildman–Crippen MR) is 128 cm³/mol. The molecule has 0 heterocycles. The van der Waals surface area contributed by atoms with Gasteiger partial charge >= 0.3 is 0 Å². The lowest BCUT2D eigenvalue weighted by atomic mass is 10.1. The second kappa shape index (κ2) is 12.5. The number of likely N-dealkylation sites (N-methyl/N-ethyl adjacent to an activating group) is 1. The highest BCUT2D eigenvalue weighted by molar-refractivity contribution is 5.97. The van der Waals surface area contributed by atoms with Crippen LogP contribution in [0.1, 0.15) is 35.3 Å². The largest absolute Gasteiger partial charge is 0.489 e. The molecule has 0 aromatic heterocycles. The van der Waals surface area contributed by atoms with Gasteiger partial charge in [0.25, 0.3) is 5.91 Å². The maximum Gasteiger partial charge on any atom is 0.255 e. The maximum atomic E-state index is 13.0. The van der Waals surface area contributed by atoms with Crippen LogP contribution >= 0.6 is 0 Å². The fraction of sp³-hybridized carbons (Fsp3) is 0.296. The van der Waals surface area contributed by atoms with Crippen molar-refractivity contribution in [2.24, 2.45) is 0 Å². The topological polar surface area (TPSA) is 50.8 Å². The summed E-state index contributed by atoms with van der Waals surface area (Å²) >= 11 is 0. The first-order valence-corrected chi connectivity index (χ1v) is 11.2. The second-order valence-electron chi connectivity index (χ2n) is 7.49. The molecule has 3 aromatic rings. The third-order valence-corrected chi connectivity index (χ3v) is 5.29. The van der Waals surface area contributed by atoms with Crippen LogP contribution in [0, 0.1) is 0 Å². The summed E-state index contributed by atoms with van der Waals surface area (Å²) in [5.41, 5.74) is 2.60. The Morgan fingerprint density at radius 2 is 1.41 bits per heavy atom. The van der Waals surface area contributed by atoms with Crippen LogP contribution in [0.25, 0.3) is 0 Å². The number of benzene rings is 3. The number of nitrogens with zero attached hydrogens (tertiary/aromatic N) is 1. The number of carbonyl (C=O) groups excluding carboxylic acids is 1. The monoisotopic (exact) mass is 432 g/mol. The lowest BCUT2D eigenvalue weighted by Crippen LogP contribution is -2.34. The van der Waals surface area contributed by atoms with Crippen molar-refractivity contribution >= 4 is 5.91 Å². The van der Waals surface area contributed by atoms with Crippen LogP contribution in [0.4, 0.5) is 0 Å². The van der Waals surface area contributed by atoms with E-state index in [2.05, 4.69) is 24.1 Å². The molecule has 0 unspecified atom stereocenters. The Labute approximate surface area is 191 Å². The molecule has 3 rings (SSSR count). The molecule has 0 saturated heterocycles. The van der Waals surface area contributed by atoms with Gasteiger partial charge < -0.3 is 19.7 Å². The van der Waals surface area contributed by atoms with Crippen LogP contribution < -0.4 is 14.8 Å². The van der Waals surface area contributed by atoms with Gasteiger partial charge in [0, 0.05) is 13.1 Å². The van der Waals surface area contributed by atoms with Gasteiger partial charge in [-0.25, -0.2) is 0 Å². The number of nitrogens with one attached hydrogen (secondary N) is 1. The summed E-state index contributed by atoms with van der Waals surface area (Å²) in [7, 11) is 0. The van der Waals surface area contributed by atoms with E-state index in [4.69, 9.17) is 9.47 Å². The highest BCUT2D eigenvalue weighted by Crippen LogP contribution is 2.26. The molecule has 0 fully saturated rings. The summed E-state index contributed by atoms with van der Waals surface area (Å²) < 4.78 is 11.9. The minimum atomic E-state index is -0.162. The minimum Gasteiger partial charge on any atom is -0.489 e. The number of hydrogen-bond acceptors (Lipinski definition) is 4. The Balaban J connectivity index is 1.71. The highest BCUT2D eigenvalue weighted by Gasteiger charge is 2.15. The van der Waals surface area contributed by atoms with Gasteiger partial charge in [0.1, 0.15) is 24.7 Å². The van der Waals surface area contributed by atoms with Crippen LogP contribution in [0.3, 0.4) is 0 Å². The lowest BCUT2D eigenvalue weighted by molar-refractivity contribution is 0.0944. The van der Waals surface area contributed by atoms with E-state index in [9.17, 15) is 4.79 Å². The van der Waals surface area contributed by atoms with Crippen molar-refractivity contribution in [2.45, 2.75) is 27.1 Å². The Morgan fingerprint density at radius 3 is 2.00 bits per heavy atom. The zero-order chi connectivity index (χ0) is 22.6. The molecular formula is C27H32N2O3. The van der Waals surface area contributed by atoms with Crippen molar-refractivity contribution in [2.75, 3.05) is 26.2 Å². The summed E-state index contributed by atoms with van der Waals surface area (Å²) in [6, 6.07) is 25.3. The average molecular weight is 433 g/mol. The molecule has 0 saturated carbocycles. The summed E-state index contributed by atoms with van der Waals surface area (Å²) in [4.78, 5) is 15.3. The standard InChI is InChI=1S/C27H32N2O3/c1-3-29(4-2)18-17-28-27(30)25-19-24(31-20-22-11-7-5-8-12-22)15-16-26(25)32-21-23-13-9-6-10-14-23/h5-16,19H,3-4,17-18,20-21H2,1-2H3,(H,28,30). The van der Waals surface area contributed by atoms with E-state index in [0.29, 0.717) is 36.8 Å². The van der Waals surface area contributed by atoms with E-state index in [0.717, 1.165) is 30.8 Å². The smallest absolute Gasteiger partial charge is 0.255 e. The number of ether oxygens (including phenoxy) is 2. The number of hydrogen-bond donors (Lipinski definition) is 1. The summed E-state index contributed by atoms with van der Waals surface area (Å²) in [6.45, 7) is 8.37. The first-order chi connectivity index (χ1) is 15.7. The molecule has 5 heteroatoms. The van der Waals surface area contributed by atoms with Gasteiger partial charge in [-0.1, -0.05) is 74.5 Å². The molecular weight excluding hydrogens is 400 g/mol. The van der Waals surface area contributed by atoms with Gasteiger partial charge in [0.2, 0.25) is 0 Å². The Kier molecular flexibility index (Phi) is 9.14. The fourth-order valence-electron chi connectivity index (χ4n) is 3.34. The molecule has 1 N–H and O–H groups in total. The Morgan fingerprint density at radius 1 is 0.812 bits per heavy atom. The van der Waals surface area contributed by atoms with Gasteiger partial charge in [-0.15, -0.1) is 0 Å². The van der Waals surface area contributed by atoms with Gasteiger partial charge in [0.15, 0.2) is 0 Å². The van der Waals surface area contributed by atoms with E-state index in [1.165, 1.54) is 0 Å². The van der Waals surface area contributed by atoms with Crippen molar-refractivity contribution < 1.29 is 14.3 Å². The van der Waals surface area contributed by atoms with E-state index >= 15 is 0 Å². The van der Waals surface area contributed by atoms with E-state index in [-0.39, 0.29) is 5.91 Å². The van der Waals surface area contributed by atoms with Gasteiger partial charge in [-0.05, 0) is 42.4 Å². The number of amides is 1. The number of rotatable bonds is 12. The lowest BCUT2D eigenvalue weighted by Gasteiger charge is -2.18. The van der Waals surface area contributed by atoms with Crippen LogP contribution in [0.2, 0.25) is 0 Å². The maximum absolute atomic E-state index is 13.0. The first kappa shape index (κ1) is 23.4. The van der Waals surface area contributed by atoms with Crippen molar-refractivity contribution in [3.8, 4) is 11.5 Å². The molecule has 3 aromatic carbocycles. The van der Waals surface area contributed by atoms with Crippen LogP contribution in [-0.4, -0.2) is 37.0 Å². The highest BCUT2D eigenvalue weighted by atomic mass is 16.5. The predicted octanol–water partition coefficient (Wildman–Crippen LogP) is 4.92. The Bertz CT molecular complexity index is 957. The van der Waals surface area contributed by atoms with Crippen LogP contribution in [0.15, 0.2) is 78.9 Å². The number of carbonyl (C=O) groups is 1. The zero-order valence-electron chi connectivity index (χ0n) is 18.9. The first-order valence-electron chi connectivity index (χ1n) is 11.2. The molecule has 1 amide bonds.